The average molecular weight is 318 g/mol. The zero-order valence-electron chi connectivity index (χ0n) is 13.5. The van der Waals surface area contributed by atoms with Gasteiger partial charge in [-0.15, -0.1) is 0 Å². The van der Waals surface area contributed by atoms with E-state index < -0.39 is 0 Å². The number of aromatic nitrogens is 3. The van der Waals surface area contributed by atoms with E-state index in [1.54, 1.807) is 0 Å². The number of ether oxygens (including phenoxy) is 1. The smallest absolute Gasteiger partial charge is 0.175 e. The molecule has 2 N–H and O–H groups in total. The Morgan fingerprint density at radius 2 is 1.87 bits per heavy atom. The Hall–Kier alpha value is -2.19. The molecule has 3 heterocycles. The van der Waals surface area contributed by atoms with Crippen molar-refractivity contribution in [2.24, 2.45) is 0 Å². The van der Waals surface area contributed by atoms with Gasteiger partial charge in [0.25, 0.3) is 0 Å². The van der Waals surface area contributed by atoms with Gasteiger partial charge in [0.1, 0.15) is 23.2 Å². The quantitative estimate of drug-likeness (QED) is 0.830. The van der Waals surface area contributed by atoms with Gasteiger partial charge in [0.15, 0.2) is 5.82 Å². The molecule has 124 valence electrons. The van der Waals surface area contributed by atoms with Crippen molar-refractivity contribution in [3.8, 4) is 0 Å². The molecule has 8 heteroatoms. The van der Waals surface area contributed by atoms with Crippen LogP contribution in [0.25, 0.3) is 0 Å². The highest BCUT2D eigenvalue weighted by molar-refractivity contribution is 5.55. The highest BCUT2D eigenvalue weighted by atomic mass is 16.5. The van der Waals surface area contributed by atoms with E-state index in [4.69, 9.17) is 9.26 Å². The van der Waals surface area contributed by atoms with Gasteiger partial charge in [-0.1, -0.05) is 5.16 Å². The van der Waals surface area contributed by atoms with Crippen LogP contribution in [0.4, 0.5) is 17.5 Å². The summed E-state index contributed by atoms with van der Waals surface area (Å²) >= 11 is 0. The summed E-state index contributed by atoms with van der Waals surface area (Å²) in [6, 6.07) is 3.69. The molecule has 0 radical (unpaired) electrons. The first-order valence-electron chi connectivity index (χ1n) is 7.79. The molecule has 0 unspecified atom stereocenters. The van der Waals surface area contributed by atoms with Crippen molar-refractivity contribution in [3.05, 3.63) is 23.7 Å². The summed E-state index contributed by atoms with van der Waals surface area (Å²) in [5.74, 6) is 3.58. The summed E-state index contributed by atoms with van der Waals surface area (Å²) in [6.07, 6.45) is 0. The van der Waals surface area contributed by atoms with Gasteiger partial charge < -0.3 is 19.9 Å². The molecule has 0 atom stereocenters. The van der Waals surface area contributed by atoms with Crippen molar-refractivity contribution in [2.75, 3.05) is 50.0 Å². The SMILES string of the molecule is Cc1nc(NCCN2CCOCC2)cc(Nc2cc(C)on2)n1. The Morgan fingerprint density at radius 3 is 2.61 bits per heavy atom. The largest absolute Gasteiger partial charge is 0.379 e. The Balaban J connectivity index is 1.56. The van der Waals surface area contributed by atoms with Gasteiger partial charge in [-0.25, -0.2) is 9.97 Å². The first-order valence-corrected chi connectivity index (χ1v) is 7.79. The van der Waals surface area contributed by atoms with Crippen LogP contribution in [0.3, 0.4) is 0 Å². The molecular formula is C15H22N6O2. The fourth-order valence-corrected chi connectivity index (χ4v) is 2.45. The number of aryl methyl sites for hydroxylation is 2. The number of hydrogen-bond donors (Lipinski definition) is 2. The van der Waals surface area contributed by atoms with Gasteiger partial charge in [0.05, 0.1) is 13.2 Å². The lowest BCUT2D eigenvalue weighted by Gasteiger charge is -2.26. The van der Waals surface area contributed by atoms with Gasteiger partial charge >= 0.3 is 0 Å². The van der Waals surface area contributed by atoms with E-state index in [0.29, 0.717) is 17.5 Å². The standard InChI is InChI=1S/C15H22N6O2/c1-11-9-15(20-23-11)19-14-10-13(17-12(2)18-14)16-3-4-21-5-7-22-8-6-21/h9-10H,3-8H2,1-2H3,(H2,16,17,18,19,20). The number of anilines is 3. The fraction of sp³-hybridized carbons (Fsp3) is 0.533. The second-order valence-corrected chi connectivity index (χ2v) is 5.51. The van der Waals surface area contributed by atoms with Crippen LogP contribution in [0.15, 0.2) is 16.7 Å². The lowest BCUT2D eigenvalue weighted by molar-refractivity contribution is 0.0398. The van der Waals surface area contributed by atoms with E-state index in [0.717, 1.165) is 51.0 Å². The molecule has 1 fully saturated rings. The van der Waals surface area contributed by atoms with Crippen molar-refractivity contribution >= 4 is 17.5 Å². The summed E-state index contributed by atoms with van der Waals surface area (Å²) < 4.78 is 10.4. The lowest BCUT2D eigenvalue weighted by Crippen LogP contribution is -2.39. The Kier molecular flexibility index (Phi) is 5.04. The molecule has 0 aliphatic carbocycles. The molecule has 0 saturated carbocycles. The summed E-state index contributed by atoms with van der Waals surface area (Å²) in [4.78, 5) is 11.2. The zero-order valence-corrected chi connectivity index (χ0v) is 13.5. The van der Waals surface area contributed by atoms with Crippen LogP contribution >= 0.6 is 0 Å². The predicted molar refractivity (Wildman–Crippen MR) is 87.0 cm³/mol. The molecule has 1 saturated heterocycles. The van der Waals surface area contributed by atoms with Crippen LogP contribution in [-0.4, -0.2) is 59.4 Å². The van der Waals surface area contributed by atoms with Gasteiger partial charge in [-0.05, 0) is 13.8 Å². The molecule has 2 aromatic heterocycles. The second-order valence-electron chi connectivity index (χ2n) is 5.51. The maximum absolute atomic E-state index is 5.35. The minimum atomic E-state index is 0.639. The normalized spacial score (nSPS) is 15.6. The molecule has 0 spiro atoms. The third-order valence-electron chi connectivity index (χ3n) is 3.56. The van der Waals surface area contributed by atoms with Gasteiger partial charge in [0.2, 0.25) is 0 Å². The summed E-state index contributed by atoms with van der Waals surface area (Å²) in [6.45, 7) is 9.13. The molecule has 23 heavy (non-hydrogen) atoms. The minimum absolute atomic E-state index is 0.639. The van der Waals surface area contributed by atoms with Crippen LogP contribution in [-0.2, 0) is 4.74 Å². The first kappa shape index (κ1) is 15.7. The van der Waals surface area contributed by atoms with Crippen LogP contribution in [0.1, 0.15) is 11.6 Å². The fourth-order valence-electron chi connectivity index (χ4n) is 2.45. The average Bonchev–Trinajstić information content (AvgIpc) is 2.93. The van der Waals surface area contributed by atoms with E-state index in [-0.39, 0.29) is 0 Å². The number of nitrogens with one attached hydrogen (secondary N) is 2. The molecule has 2 aromatic rings. The Labute approximate surface area is 135 Å². The van der Waals surface area contributed by atoms with Gasteiger partial charge in [-0.2, -0.15) is 0 Å². The molecule has 8 nitrogen and oxygen atoms in total. The maximum atomic E-state index is 5.35. The lowest BCUT2D eigenvalue weighted by atomic mass is 10.4. The van der Waals surface area contributed by atoms with E-state index >= 15 is 0 Å². The Bertz CT molecular complexity index is 639. The molecule has 3 rings (SSSR count). The molecular weight excluding hydrogens is 296 g/mol. The third-order valence-corrected chi connectivity index (χ3v) is 3.56. The molecule has 0 amide bonds. The number of hydrogen-bond acceptors (Lipinski definition) is 8. The van der Waals surface area contributed by atoms with Gasteiger partial charge in [-0.3, -0.25) is 4.90 Å². The summed E-state index contributed by atoms with van der Waals surface area (Å²) in [5.41, 5.74) is 0. The highest BCUT2D eigenvalue weighted by Crippen LogP contribution is 2.17. The van der Waals surface area contributed by atoms with Crippen molar-refractivity contribution in [3.63, 3.8) is 0 Å². The van der Waals surface area contributed by atoms with Crippen molar-refractivity contribution < 1.29 is 9.26 Å². The topological polar surface area (TPSA) is 88.3 Å². The molecule has 0 aromatic carbocycles. The van der Waals surface area contributed by atoms with Crippen LogP contribution in [0, 0.1) is 13.8 Å². The zero-order chi connectivity index (χ0) is 16.1. The Morgan fingerprint density at radius 1 is 1.09 bits per heavy atom. The van der Waals surface area contributed by atoms with Crippen LogP contribution in [0.5, 0.6) is 0 Å². The van der Waals surface area contributed by atoms with Crippen molar-refractivity contribution in [1.29, 1.82) is 0 Å². The van der Waals surface area contributed by atoms with E-state index in [1.165, 1.54) is 0 Å². The summed E-state index contributed by atoms with van der Waals surface area (Å²) in [7, 11) is 0. The van der Waals surface area contributed by atoms with Crippen molar-refractivity contribution in [1.82, 2.24) is 20.0 Å². The molecule has 0 bridgehead atoms. The second kappa shape index (κ2) is 7.38. The van der Waals surface area contributed by atoms with Crippen LogP contribution < -0.4 is 10.6 Å². The third kappa shape index (κ3) is 4.64. The number of nitrogens with zero attached hydrogens (tertiary/aromatic N) is 4. The molecule has 1 aliphatic heterocycles. The monoisotopic (exact) mass is 318 g/mol. The highest BCUT2D eigenvalue weighted by Gasteiger charge is 2.10. The number of morpholine rings is 1. The van der Waals surface area contributed by atoms with E-state index in [9.17, 15) is 0 Å². The number of rotatable bonds is 6. The van der Waals surface area contributed by atoms with Crippen molar-refractivity contribution in [2.45, 2.75) is 13.8 Å². The van der Waals surface area contributed by atoms with Crippen LogP contribution in [0.2, 0.25) is 0 Å². The summed E-state index contributed by atoms with van der Waals surface area (Å²) in [5, 5.41) is 10.4. The van der Waals surface area contributed by atoms with E-state index in [2.05, 4.69) is 30.7 Å². The minimum Gasteiger partial charge on any atom is -0.379 e. The van der Waals surface area contributed by atoms with E-state index in [1.807, 2.05) is 26.0 Å². The van der Waals surface area contributed by atoms with Gasteiger partial charge in [0, 0.05) is 38.3 Å². The predicted octanol–water partition coefficient (Wildman–Crippen LogP) is 1.57. The molecule has 1 aliphatic rings. The first-order chi connectivity index (χ1) is 11.2. The maximum Gasteiger partial charge on any atom is 0.175 e.